The molecule has 0 atom stereocenters. The summed E-state index contributed by atoms with van der Waals surface area (Å²) in [6.07, 6.45) is 0. The fourth-order valence-corrected chi connectivity index (χ4v) is 15.4. The van der Waals surface area contributed by atoms with Gasteiger partial charge in [-0.1, -0.05) is 219 Å². The van der Waals surface area contributed by atoms with Gasteiger partial charge in [-0.25, -0.2) is 0 Å². The van der Waals surface area contributed by atoms with E-state index in [-0.39, 0.29) is 5.41 Å². The van der Waals surface area contributed by atoms with E-state index in [1.165, 1.54) is 44.5 Å². The molecule has 0 aliphatic heterocycles. The van der Waals surface area contributed by atoms with Crippen molar-refractivity contribution in [3.05, 3.63) is 239 Å². The molecule has 0 unspecified atom stereocenters. The van der Waals surface area contributed by atoms with E-state index in [1.54, 1.807) is 0 Å². The van der Waals surface area contributed by atoms with E-state index in [4.69, 9.17) is 0 Å². The van der Waals surface area contributed by atoms with Crippen molar-refractivity contribution >= 4 is 46.1 Å². The van der Waals surface area contributed by atoms with Gasteiger partial charge in [0.1, 0.15) is 0 Å². The molecule has 0 radical (unpaired) electrons. The second-order valence-corrected chi connectivity index (χ2v) is 22.0. The molecule has 4 heteroatoms. The van der Waals surface area contributed by atoms with E-state index >= 15 is 9.13 Å². The summed E-state index contributed by atoms with van der Waals surface area (Å²) < 4.78 is 31.1. The molecule has 0 saturated heterocycles. The highest BCUT2D eigenvalue weighted by Gasteiger charge is 2.53. The van der Waals surface area contributed by atoms with E-state index in [0.29, 0.717) is 0 Å². The molecule has 0 heterocycles. The zero-order valence-electron chi connectivity index (χ0n) is 33.2. The Morgan fingerprint density at radius 1 is 0.345 bits per heavy atom. The van der Waals surface area contributed by atoms with Gasteiger partial charge in [0.05, 0.1) is 5.41 Å². The largest absolute Gasteiger partial charge is 0.309 e. The molecule has 0 aromatic heterocycles. The highest BCUT2D eigenvalue weighted by atomic mass is 31.2. The maximum atomic E-state index is 15.5. The van der Waals surface area contributed by atoms with Crippen molar-refractivity contribution in [3.8, 4) is 11.1 Å². The molecular formula is C54H44O2P2. The van der Waals surface area contributed by atoms with Crippen LogP contribution in [0, 0.1) is 13.8 Å². The molecule has 0 amide bonds. The van der Waals surface area contributed by atoms with Gasteiger partial charge in [-0.2, -0.15) is 0 Å². The van der Waals surface area contributed by atoms with Crippen LogP contribution in [0.4, 0.5) is 0 Å². The number of aryl methyl sites for hydroxylation is 2. The summed E-state index contributed by atoms with van der Waals surface area (Å²) in [4.78, 5) is 0. The fraction of sp³-hybridized carbons (Fsp3) is 0.111. The lowest BCUT2D eigenvalue weighted by Gasteiger charge is -2.37. The van der Waals surface area contributed by atoms with Crippen LogP contribution >= 0.6 is 14.3 Å². The number of hydrogen-bond donors (Lipinski definition) is 0. The van der Waals surface area contributed by atoms with Crippen LogP contribution in [0.1, 0.15) is 58.4 Å². The molecule has 0 N–H and O–H groups in total. The van der Waals surface area contributed by atoms with Gasteiger partial charge in [0.25, 0.3) is 0 Å². The molecule has 8 aromatic rings. The summed E-state index contributed by atoms with van der Waals surface area (Å²) in [5.41, 5.74) is 11.7. The lowest BCUT2D eigenvalue weighted by molar-refractivity contribution is 0.591. The molecule has 282 valence electrons. The maximum absolute atomic E-state index is 15.5. The summed E-state index contributed by atoms with van der Waals surface area (Å²) in [6, 6.07) is 66.4. The minimum Gasteiger partial charge on any atom is -0.309 e. The molecule has 8 aromatic carbocycles. The lowest BCUT2D eigenvalue weighted by Crippen LogP contribution is -2.32. The van der Waals surface area contributed by atoms with E-state index < -0.39 is 19.7 Å². The Bertz CT molecular complexity index is 2660. The summed E-state index contributed by atoms with van der Waals surface area (Å²) in [5.74, 6) is 0. The molecule has 2 nitrogen and oxygen atoms in total. The van der Waals surface area contributed by atoms with Crippen molar-refractivity contribution in [2.75, 3.05) is 0 Å². The van der Waals surface area contributed by atoms with Crippen LogP contribution in [0.5, 0.6) is 0 Å². The van der Waals surface area contributed by atoms with Crippen LogP contribution in [-0.2, 0) is 20.0 Å². The standard InChI is InChI=1S/C54H44O2P2/c1-37-33-47-51-49(35-37)54(50-36-38(2)34-48(52(50)51)53(47,3)4,39-25-29-45(30-26-39)57(55,41-17-9-5-10-18-41)42-19-11-6-12-20-42)40-27-31-46(32-28-40)58(56,43-21-13-7-14-22-43)44-23-15-8-16-24-44/h5-36H,1-4H3. The third-order valence-corrected chi connectivity index (χ3v) is 18.9. The normalized spacial score (nSPS) is 14.6. The Balaban J connectivity index is 1.23. The van der Waals surface area contributed by atoms with Gasteiger partial charge in [0, 0.05) is 37.2 Å². The zero-order valence-corrected chi connectivity index (χ0v) is 35.0. The summed E-state index contributed by atoms with van der Waals surface area (Å²) >= 11 is 0. The number of hydrogen-bond acceptors (Lipinski definition) is 2. The molecule has 0 fully saturated rings. The van der Waals surface area contributed by atoms with Crippen molar-refractivity contribution in [1.82, 2.24) is 0 Å². The van der Waals surface area contributed by atoms with Crippen molar-refractivity contribution in [3.63, 3.8) is 0 Å². The van der Waals surface area contributed by atoms with Gasteiger partial charge in [-0.05, 0) is 58.4 Å². The van der Waals surface area contributed by atoms with Crippen molar-refractivity contribution in [2.45, 2.75) is 38.5 Å². The molecule has 58 heavy (non-hydrogen) atoms. The first-order valence-electron chi connectivity index (χ1n) is 20.1. The quantitative estimate of drug-likeness (QED) is 0.144. The fourth-order valence-electron chi connectivity index (χ4n) is 10.1. The minimum atomic E-state index is -3.20. The molecule has 2 aliphatic rings. The third kappa shape index (κ3) is 5.12. The molecule has 0 saturated carbocycles. The zero-order chi connectivity index (χ0) is 39.9. The molecule has 10 rings (SSSR count). The molecule has 2 aliphatic carbocycles. The molecular weight excluding hydrogens is 743 g/mol. The van der Waals surface area contributed by atoms with Gasteiger partial charge in [-0.15, -0.1) is 0 Å². The second-order valence-electron chi connectivity index (χ2n) is 16.5. The third-order valence-electron chi connectivity index (χ3n) is 12.8. The van der Waals surface area contributed by atoms with E-state index in [2.05, 4.69) is 100 Å². The van der Waals surface area contributed by atoms with Crippen molar-refractivity contribution < 1.29 is 9.13 Å². The summed E-state index contributed by atoms with van der Waals surface area (Å²) in [7, 11) is -6.40. The van der Waals surface area contributed by atoms with Crippen LogP contribution in [-0.4, -0.2) is 0 Å². The van der Waals surface area contributed by atoms with Crippen LogP contribution < -0.4 is 31.8 Å². The highest BCUT2D eigenvalue weighted by molar-refractivity contribution is 7.85. The first kappa shape index (κ1) is 36.6. The van der Waals surface area contributed by atoms with Gasteiger partial charge < -0.3 is 9.13 Å². The summed E-state index contributed by atoms with van der Waals surface area (Å²) in [5, 5.41) is 4.85. The predicted octanol–water partition coefficient (Wildman–Crippen LogP) is 10.6. The Labute approximate surface area is 342 Å². The van der Waals surface area contributed by atoms with E-state index in [0.717, 1.165) is 43.0 Å². The van der Waals surface area contributed by atoms with Crippen LogP contribution in [0.3, 0.4) is 0 Å². The van der Waals surface area contributed by atoms with Gasteiger partial charge in [0.2, 0.25) is 0 Å². The molecule has 0 spiro atoms. The van der Waals surface area contributed by atoms with Gasteiger partial charge in [0.15, 0.2) is 14.3 Å². The Hall–Kier alpha value is -5.78. The minimum absolute atomic E-state index is 0.151. The highest BCUT2D eigenvalue weighted by Crippen LogP contribution is 2.64. The van der Waals surface area contributed by atoms with E-state index in [9.17, 15) is 0 Å². The number of benzene rings is 8. The predicted molar refractivity (Wildman–Crippen MR) is 244 cm³/mol. The van der Waals surface area contributed by atoms with Crippen LogP contribution in [0.25, 0.3) is 11.1 Å². The topological polar surface area (TPSA) is 34.1 Å². The average molecular weight is 787 g/mol. The monoisotopic (exact) mass is 786 g/mol. The van der Waals surface area contributed by atoms with Crippen molar-refractivity contribution in [1.29, 1.82) is 0 Å². The SMILES string of the molecule is Cc1cc2c3c(c1)C(c1ccc(P(=O)(c4ccccc4)c4ccccc4)cc1)(c1ccc(P(=O)(c4ccccc4)c4ccccc4)cc1)c1cc(C)cc(c1-3)C2(C)C. The van der Waals surface area contributed by atoms with Gasteiger partial charge in [-0.3, -0.25) is 0 Å². The van der Waals surface area contributed by atoms with Gasteiger partial charge >= 0.3 is 0 Å². The first-order chi connectivity index (χ1) is 28.1. The maximum Gasteiger partial charge on any atom is 0.171 e. The van der Waals surface area contributed by atoms with E-state index in [1.807, 2.05) is 121 Å². The Morgan fingerprint density at radius 2 is 0.603 bits per heavy atom. The lowest BCUT2D eigenvalue weighted by atomic mass is 9.65. The average Bonchev–Trinajstić information content (AvgIpc) is 3.68. The Kier molecular flexibility index (Phi) is 8.44. The van der Waals surface area contributed by atoms with Crippen LogP contribution in [0.2, 0.25) is 0 Å². The van der Waals surface area contributed by atoms with Crippen LogP contribution in [0.15, 0.2) is 194 Å². The Morgan fingerprint density at radius 3 is 0.897 bits per heavy atom. The van der Waals surface area contributed by atoms with Crippen molar-refractivity contribution in [2.24, 2.45) is 0 Å². The second kappa shape index (κ2) is 13.4. The summed E-state index contributed by atoms with van der Waals surface area (Å²) in [6.45, 7) is 9.14. The smallest absolute Gasteiger partial charge is 0.171 e. The number of rotatable bonds is 8. The molecule has 0 bridgehead atoms. The first-order valence-corrected chi connectivity index (χ1v) is 23.5.